The van der Waals surface area contributed by atoms with Crippen molar-refractivity contribution in [3.63, 3.8) is 0 Å². The molecule has 0 bridgehead atoms. The summed E-state index contributed by atoms with van der Waals surface area (Å²) in [6.07, 6.45) is 3.62. The number of hydrogen-bond donors (Lipinski definition) is 1. The maximum absolute atomic E-state index is 8.92. The Kier molecular flexibility index (Phi) is 3.60. The van der Waals surface area contributed by atoms with Crippen molar-refractivity contribution < 1.29 is 9.84 Å². The van der Waals surface area contributed by atoms with Crippen molar-refractivity contribution >= 4 is 22.5 Å². The second-order valence-electron chi connectivity index (χ2n) is 4.07. The number of halogens is 1. The molecule has 3 nitrogen and oxygen atoms in total. The van der Waals surface area contributed by atoms with Crippen molar-refractivity contribution in [1.82, 2.24) is 4.57 Å². The summed E-state index contributed by atoms with van der Waals surface area (Å²) in [4.78, 5) is 0. The lowest BCUT2D eigenvalue weighted by Crippen LogP contribution is -1.90. The third-order valence-corrected chi connectivity index (χ3v) is 3.24. The molecule has 0 aliphatic heterocycles. The number of aliphatic hydroxyl groups is 1. The van der Waals surface area contributed by atoms with Crippen molar-refractivity contribution in [2.75, 3.05) is 13.7 Å². The molecule has 0 aliphatic carbocycles. The number of methoxy groups -OCH3 is 1. The van der Waals surface area contributed by atoms with Gasteiger partial charge in [0.2, 0.25) is 0 Å². The molecule has 0 spiro atoms. The highest BCUT2D eigenvalue weighted by molar-refractivity contribution is 6.35. The third kappa shape index (κ3) is 2.13. The van der Waals surface area contributed by atoms with Gasteiger partial charge in [-0.05, 0) is 30.5 Å². The first-order valence-electron chi connectivity index (χ1n) is 5.60. The molecule has 17 heavy (non-hydrogen) atoms. The van der Waals surface area contributed by atoms with Crippen molar-refractivity contribution in [2.24, 2.45) is 7.05 Å². The van der Waals surface area contributed by atoms with E-state index in [1.165, 1.54) is 0 Å². The van der Waals surface area contributed by atoms with E-state index in [4.69, 9.17) is 21.4 Å². The SMILES string of the molecule is COc1ccc(Cl)c2c1c(CCCO)cn2C. The lowest BCUT2D eigenvalue weighted by molar-refractivity contribution is 0.288. The first-order chi connectivity index (χ1) is 8.19. The van der Waals surface area contributed by atoms with Crippen LogP contribution in [0.1, 0.15) is 12.0 Å². The molecule has 4 heteroatoms. The molecule has 92 valence electrons. The standard InChI is InChI=1S/C13H16ClNO2/c1-15-8-9(4-3-7-16)12-11(17-2)6-5-10(14)13(12)15/h5-6,8,16H,3-4,7H2,1-2H3. The number of ether oxygens (including phenoxy) is 1. The van der Waals surface area contributed by atoms with Crippen LogP contribution in [0.4, 0.5) is 0 Å². The molecule has 0 saturated heterocycles. The molecule has 0 atom stereocenters. The predicted molar refractivity (Wildman–Crippen MR) is 69.9 cm³/mol. The third-order valence-electron chi connectivity index (χ3n) is 2.94. The van der Waals surface area contributed by atoms with Gasteiger partial charge >= 0.3 is 0 Å². The van der Waals surface area contributed by atoms with Gasteiger partial charge in [0.1, 0.15) is 5.75 Å². The van der Waals surface area contributed by atoms with E-state index in [1.807, 2.05) is 23.7 Å². The van der Waals surface area contributed by atoms with E-state index in [9.17, 15) is 0 Å². The number of aromatic nitrogens is 1. The number of hydrogen-bond acceptors (Lipinski definition) is 2. The summed E-state index contributed by atoms with van der Waals surface area (Å²) in [6, 6.07) is 3.73. The summed E-state index contributed by atoms with van der Waals surface area (Å²) in [5, 5.41) is 10.7. The van der Waals surface area contributed by atoms with Gasteiger partial charge in [0, 0.05) is 25.2 Å². The Balaban J connectivity index is 2.64. The number of rotatable bonds is 4. The van der Waals surface area contributed by atoms with Gasteiger partial charge in [-0.3, -0.25) is 0 Å². The van der Waals surface area contributed by atoms with Gasteiger partial charge in [0.25, 0.3) is 0 Å². The second-order valence-corrected chi connectivity index (χ2v) is 4.47. The van der Waals surface area contributed by atoms with Crippen LogP contribution in [0.5, 0.6) is 5.75 Å². The predicted octanol–water partition coefficient (Wildman–Crippen LogP) is 2.77. The minimum absolute atomic E-state index is 0.194. The molecular weight excluding hydrogens is 238 g/mol. The van der Waals surface area contributed by atoms with Gasteiger partial charge in [-0.2, -0.15) is 0 Å². The zero-order valence-electron chi connectivity index (χ0n) is 10.0. The van der Waals surface area contributed by atoms with Crippen LogP contribution in [-0.4, -0.2) is 23.4 Å². The highest BCUT2D eigenvalue weighted by atomic mass is 35.5. The van der Waals surface area contributed by atoms with Crippen LogP contribution in [0.25, 0.3) is 10.9 Å². The van der Waals surface area contributed by atoms with Crippen LogP contribution in [0.3, 0.4) is 0 Å². The van der Waals surface area contributed by atoms with Crippen LogP contribution in [-0.2, 0) is 13.5 Å². The molecule has 1 aromatic carbocycles. The number of nitrogens with zero attached hydrogens (tertiary/aromatic N) is 1. The fourth-order valence-electron chi connectivity index (χ4n) is 2.19. The lowest BCUT2D eigenvalue weighted by atomic mass is 10.1. The van der Waals surface area contributed by atoms with E-state index in [1.54, 1.807) is 7.11 Å². The molecule has 1 heterocycles. The molecule has 0 fully saturated rings. The number of fused-ring (bicyclic) bond motifs is 1. The largest absolute Gasteiger partial charge is 0.496 e. The highest BCUT2D eigenvalue weighted by Crippen LogP contribution is 2.35. The maximum Gasteiger partial charge on any atom is 0.128 e. The molecule has 0 amide bonds. The molecule has 1 N–H and O–H groups in total. The fourth-order valence-corrected chi connectivity index (χ4v) is 2.49. The Hall–Kier alpha value is -1.19. The fraction of sp³-hybridized carbons (Fsp3) is 0.385. The van der Waals surface area contributed by atoms with E-state index in [2.05, 4.69) is 6.20 Å². The number of aryl methyl sites for hydroxylation is 2. The molecule has 2 aromatic rings. The first kappa shape index (κ1) is 12.3. The van der Waals surface area contributed by atoms with Crippen LogP contribution < -0.4 is 4.74 Å². The summed E-state index contributed by atoms with van der Waals surface area (Å²) < 4.78 is 7.39. The zero-order chi connectivity index (χ0) is 12.4. The zero-order valence-corrected chi connectivity index (χ0v) is 10.8. The summed E-state index contributed by atoms with van der Waals surface area (Å²) in [6.45, 7) is 0.194. The van der Waals surface area contributed by atoms with Gasteiger partial charge in [0.05, 0.1) is 17.6 Å². The smallest absolute Gasteiger partial charge is 0.128 e. The van der Waals surface area contributed by atoms with Crippen molar-refractivity contribution in [3.05, 3.63) is 28.9 Å². The van der Waals surface area contributed by atoms with Crippen molar-refractivity contribution in [2.45, 2.75) is 12.8 Å². The molecule has 0 saturated carbocycles. The summed E-state index contributed by atoms with van der Waals surface area (Å²) in [5.41, 5.74) is 2.15. The van der Waals surface area contributed by atoms with E-state index >= 15 is 0 Å². The minimum Gasteiger partial charge on any atom is -0.496 e. The van der Waals surface area contributed by atoms with Gasteiger partial charge < -0.3 is 14.4 Å². The summed E-state index contributed by atoms with van der Waals surface area (Å²) in [7, 11) is 3.63. The Labute approximate surface area is 106 Å². The molecular formula is C13H16ClNO2. The Bertz CT molecular complexity index is 534. The maximum atomic E-state index is 8.92. The first-order valence-corrected chi connectivity index (χ1v) is 5.98. The van der Waals surface area contributed by atoms with Gasteiger partial charge in [0.15, 0.2) is 0 Å². The monoisotopic (exact) mass is 253 g/mol. The topological polar surface area (TPSA) is 34.4 Å². The van der Waals surface area contributed by atoms with Gasteiger partial charge in [-0.25, -0.2) is 0 Å². The Morgan fingerprint density at radius 3 is 2.82 bits per heavy atom. The molecule has 2 rings (SSSR count). The normalized spacial score (nSPS) is 11.1. The molecule has 1 aromatic heterocycles. The Morgan fingerprint density at radius 2 is 2.18 bits per heavy atom. The van der Waals surface area contributed by atoms with Gasteiger partial charge in [-0.15, -0.1) is 0 Å². The Morgan fingerprint density at radius 1 is 1.41 bits per heavy atom. The average molecular weight is 254 g/mol. The molecule has 0 unspecified atom stereocenters. The van der Waals surface area contributed by atoms with E-state index in [0.717, 1.165) is 40.1 Å². The molecule has 0 aliphatic rings. The van der Waals surface area contributed by atoms with Crippen LogP contribution >= 0.6 is 11.6 Å². The van der Waals surface area contributed by atoms with E-state index in [-0.39, 0.29) is 6.61 Å². The van der Waals surface area contributed by atoms with Crippen LogP contribution in [0.15, 0.2) is 18.3 Å². The van der Waals surface area contributed by atoms with Crippen molar-refractivity contribution in [1.29, 1.82) is 0 Å². The second kappa shape index (κ2) is 4.98. The van der Waals surface area contributed by atoms with E-state index in [0.29, 0.717) is 0 Å². The quantitative estimate of drug-likeness (QED) is 0.909. The van der Waals surface area contributed by atoms with E-state index < -0.39 is 0 Å². The van der Waals surface area contributed by atoms with Gasteiger partial charge in [-0.1, -0.05) is 11.6 Å². The van der Waals surface area contributed by atoms with Crippen LogP contribution in [0, 0.1) is 0 Å². The van der Waals surface area contributed by atoms with Crippen molar-refractivity contribution in [3.8, 4) is 5.75 Å². The average Bonchev–Trinajstić information content (AvgIpc) is 2.66. The lowest BCUT2D eigenvalue weighted by Gasteiger charge is -2.06. The molecule has 0 radical (unpaired) electrons. The van der Waals surface area contributed by atoms with Crippen LogP contribution in [0.2, 0.25) is 5.02 Å². The minimum atomic E-state index is 0.194. The number of benzene rings is 1. The summed E-state index contributed by atoms with van der Waals surface area (Å²) >= 11 is 6.21. The summed E-state index contributed by atoms with van der Waals surface area (Å²) in [5.74, 6) is 0.831. The highest BCUT2D eigenvalue weighted by Gasteiger charge is 2.14. The number of aliphatic hydroxyl groups excluding tert-OH is 1.